The van der Waals surface area contributed by atoms with Crippen molar-refractivity contribution in [2.75, 3.05) is 5.73 Å². The van der Waals surface area contributed by atoms with Crippen molar-refractivity contribution < 1.29 is 8.78 Å². The molecule has 3 aromatic rings. The molecule has 0 bridgehead atoms. The third kappa shape index (κ3) is 4.41. The monoisotopic (exact) mass is 368 g/mol. The smallest absolute Gasteiger partial charge is 0.263 e. The number of alkyl halides is 2. The summed E-state index contributed by atoms with van der Waals surface area (Å²) in [5.41, 5.74) is 14.4. The highest BCUT2D eigenvalue weighted by molar-refractivity contribution is 5.85. The van der Waals surface area contributed by atoms with Crippen LogP contribution in [0.15, 0.2) is 53.7 Å². The molecule has 0 saturated heterocycles. The second kappa shape index (κ2) is 7.86. The molecule has 27 heavy (non-hydrogen) atoms. The summed E-state index contributed by atoms with van der Waals surface area (Å²) in [6, 6.07) is 12.1. The molecule has 3 rings (SSSR count). The minimum atomic E-state index is -2.57. The van der Waals surface area contributed by atoms with Crippen LogP contribution in [0.5, 0.6) is 0 Å². The number of aliphatic imine (C=N–C) groups is 1. The highest BCUT2D eigenvalue weighted by Gasteiger charge is 2.12. The summed E-state index contributed by atoms with van der Waals surface area (Å²) in [5, 5.41) is 0. The summed E-state index contributed by atoms with van der Waals surface area (Å²) >= 11 is 0. The maximum Gasteiger partial charge on any atom is 0.263 e. The Balaban J connectivity index is 1.92. The Morgan fingerprint density at radius 3 is 2.59 bits per heavy atom. The first kappa shape index (κ1) is 18.4. The van der Waals surface area contributed by atoms with Crippen LogP contribution in [0.4, 0.5) is 20.5 Å². The molecule has 0 radical (unpaired) electrons. The lowest BCUT2D eigenvalue weighted by molar-refractivity contribution is 0.151. The van der Waals surface area contributed by atoms with E-state index in [1.165, 1.54) is 18.3 Å². The van der Waals surface area contributed by atoms with Gasteiger partial charge >= 0.3 is 0 Å². The van der Waals surface area contributed by atoms with Gasteiger partial charge in [-0.15, -0.1) is 0 Å². The van der Waals surface area contributed by atoms with E-state index in [1.807, 2.05) is 37.3 Å². The van der Waals surface area contributed by atoms with E-state index >= 15 is 0 Å². The number of amidine groups is 1. The van der Waals surface area contributed by atoms with E-state index in [0.717, 1.165) is 5.56 Å². The van der Waals surface area contributed by atoms with Crippen LogP contribution in [-0.2, 0) is 6.42 Å². The zero-order chi connectivity index (χ0) is 19.4. The molecule has 0 aliphatic rings. The number of nitrogens with zero attached hydrogens (tertiary/aromatic N) is 4. The Bertz CT molecular complexity index is 973. The first-order valence-electron chi connectivity index (χ1n) is 8.19. The number of aromatic nitrogens is 3. The fourth-order valence-electron chi connectivity index (χ4n) is 2.60. The predicted molar refractivity (Wildman–Crippen MR) is 101 cm³/mol. The van der Waals surface area contributed by atoms with Gasteiger partial charge in [-0.1, -0.05) is 30.3 Å². The topological polar surface area (TPSA) is 103 Å². The lowest BCUT2D eigenvalue weighted by atomic mass is 10.1. The first-order chi connectivity index (χ1) is 12.9. The van der Waals surface area contributed by atoms with Gasteiger partial charge in [0.05, 0.1) is 5.69 Å². The van der Waals surface area contributed by atoms with Crippen LogP contribution in [0.2, 0.25) is 0 Å². The minimum Gasteiger partial charge on any atom is -0.387 e. The molecule has 0 atom stereocenters. The number of hydrogen-bond donors (Lipinski definition) is 2. The summed E-state index contributed by atoms with van der Waals surface area (Å²) in [5.74, 6) is 0.599. The number of nitrogen functional groups attached to an aromatic ring is 1. The molecule has 6 nitrogen and oxygen atoms in total. The van der Waals surface area contributed by atoms with E-state index in [9.17, 15) is 8.78 Å². The zero-order valence-electron chi connectivity index (χ0n) is 14.6. The van der Waals surface area contributed by atoms with Gasteiger partial charge in [-0.3, -0.25) is 4.98 Å². The highest BCUT2D eigenvalue weighted by atomic mass is 19.3. The van der Waals surface area contributed by atoms with Crippen LogP contribution in [-0.4, -0.2) is 20.8 Å². The molecule has 0 spiro atoms. The zero-order valence-corrected chi connectivity index (χ0v) is 14.6. The SMILES string of the molecule is Cc1c(N=C(N)Cc2cc(C(F)F)ccn2)nc(N)nc1-c1ccccc1. The van der Waals surface area contributed by atoms with Gasteiger partial charge in [0.25, 0.3) is 6.43 Å². The molecule has 0 unspecified atom stereocenters. The van der Waals surface area contributed by atoms with Gasteiger partial charge in [0.2, 0.25) is 5.95 Å². The van der Waals surface area contributed by atoms with Crippen LogP contribution in [0.3, 0.4) is 0 Å². The number of pyridine rings is 1. The van der Waals surface area contributed by atoms with Crippen molar-refractivity contribution in [2.45, 2.75) is 19.8 Å². The van der Waals surface area contributed by atoms with Crippen LogP contribution < -0.4 is 11.5 Å². The van der Waals surface area contributed by atoms with Crippen molar-refractivity contribution in [2.24, 2.45) is 10.7 Å². The largest absolute Gasteiger partial charge is 0.387 e. The van der Waals surface area contributed by atoms with E-state index in [4.69, 9.17) is 11.5 Å². The number of rotatable bonds is 5. The second-order valence-corrected chi connectivity index (χ2v) is 5.91. The highest BCUT2D eigenvalue weighted by Crippen LogP contribution is 2.28. The third-order valence-corrected chi connectivity index (χ3v) is 3.89. The molecule has 0 aliphatic heterocycles. The summed E-state index contributed by atoms with van der Waals surface area (Å²) in [7, 11) is 0. The molecule has 0 aliphatic carbocycles. The summed E-state index contributed by atoms with van der Waals surface area (Å²) in [6.45, 7) is 1.82. The Morgan fingerprint density at radius 2 is 1.89 bits per heavy atom. The van der Waals surface area contributed by atoms with E-state index in [2.05, 4.69) is 19.9 Å². The Hall–Kier alpha value is -3.42. The molecule has 8 heteroatoms. The molecule has 4 N–H and O–H groups in total. The van der Waals surface area contributed by atoms with E-state index in [-0.39, 0.29) is 23.8 Å². The normalized spacial score (nSPS) is 11.8. The van der Waals surface area contributed by atoms with Crippen molar-refractivity contribution in [1.82, 2.24) is 15.0 Å². The summed E-state index contributed by atoms with van der Waals surface area (Å²) < 4.78 is 25.6. The first-order valence-corrected chi connectivity index (χ1v) is 8.19. The molecular formula is C19H18F2N6. The number of anilines is 1. The predicted octanol–water partition coefficient (Wildman–Crippen LogP) is 3.60. The van der Waals surface area contributed by atoms with Crippen molar-refractivity contribution in [3.05, 3.63) is 65.5 Å². The van der Waals surface area contributed by atoms with Gasteiger partial charge in [0.1, 0.15) is 5.84 Å². The summed E-state index contributed by atoms with van der Waals surface area (Å²) in [4.78, 5) is 16.8. The molecule has 0 fully saturated rings. The van der Waals surface area contributed by atoms with Crippen molar-refractivity contribution >= 4 is 17.6 Å². The lowest BCUT2D eigenvalue weighted by Crippen LogP contribution is -2.16. The molecule has 138 valence electrons. The van der Waals surface area contributed by atoms with Gasteiger partial charge in [-0.2, -0.15) is 4.98 Å². The average Bonchev–Trinajstić information content (AvgIpc) is 2.65. The van der Waals surface area contributed by atoms with Crippen LogP contribution in [0, 0.1) is 6.92 Å². The van der Waals surface area contributed by atoms with Gasteiger partial charge in [-0.25, -0.2) is 18.8 Å². The third-order valence-electron chi connectivity index (χ3n) is 3.89. The average molecular weight is 368 g/mol. The van der Waals surface area contributed by atoms with Crippen molar-refractivity contribution in [1.29, 1.82) is 0 Å². The van der Waals surface area contributed by atoms with Gasteiger partial charge < -0.3 is 11.5 Å². The fraction of sp³-hybridized carbons (Fsp3) is 0.158. The van der Waals surface area contributed by atoms with Gasteiger partial charge in [0.15, 0.2) is 5.82 Å². The summed E-state index contributed by atoms with van der Waals surface area (Å²) in [6.07, 6.45) is -1.13. The Kier molecular flexibility index (Phi) is 5.35. The van der Waals surface area contributed by atoms with Crippen molar-refractivity contribution in [3.63, 3.8) is 0 Å². The quantitative estimate of drug-likeness (QED) is 0.529. The molecule has 2 aromatic heterocycles. The van der Waals surface area contributed by atoms with E-state index in [1.54, 1.807) is 0 Å². The van der Waals surface area contributed by atoms with Gasteiger partial charge in [0, 0.05) is 35.0 Å². The standard InChI is InChI=1S/C19H18F2N6/c1-11-16(12-5-3-2-4-6-12)26-19(23)27-18(11)25-15(22)10-14-9-13(17(20)21)7-8-24-14/h2-9,17H,10H2,1H3,(H4,22,23,25,26,27). The van der Waals surface area contributed by atoms with E-state index in [0.29, 0.717) is 22.8 Å². The maximum absolute atomic E-state index is 12.8. The van der Waals surface area contributed by atoms with Crippen LogP contribution in [0.25, 0.3) is 11.3 Å². The minimum absolute atomic E-state index is 0.0730. The number of hydrogen-bond acceptors (Lipinski definition) is 5. The fourth-order valence-corrected chi connectivity index (χ4v) is 2.60. The van der Waals surface area contributed by atoms with Crippen molar-refractivity contribution in [3.8, 4) is 11.3 Å². The Labute approximate surface area is 155 Å². The second-order valence-electron chi connectivity index (χ2n) is 5.91. The maximum atomic E-state index is 12.8. The lowest BCUT2D eigenvalue weighted by Gasteiger charge is -2.09. The molecule has 0 amide bonds. The molecule has 1 aromatic carbocycles. The number of halogens is 2. The van der Waals surface area contributed by atoms with Crippen LogP contribution in [0.1, 0.15) is 23.2 Å². The molecule has 0 saturated carbocycles. The number of benzene rings is 1. The van der Waals surface area contributed by atoms with Gasteiger partial charge in [-0.05, 0) is 19.1 Å². The molecular weight excluding hydrogens is 350 g/mol. The van der Waals surface area contributed by atoms with E-state index < -0.39 is 6.43 Å². The molecule has 2 heterocycles. The number of nitrogens with two attached hydrogens (primary N) is 2. The van der Waals surface area contributed by atoms with Crippen LogP contribution >= 0.6 is 0 Å². The Morgan fingerprint density at radius 1 is 1.15 bits per heavy atom.